The van der Waals surface area contributed by atoms with Gasteiger partial charge in [-0.25, -0.2) is 0 Å². The molecule has 174 valence electrons. The second kappa shape index (κ2) is 7.91. The lowest BCUT2D eigenvalue weighted by Gasteiger charge is -2.42. The Hall–Kier alpha value is -2.25. The zero-order chi connectivity index (χ0) is 24.3. The summed E-state index contributed by atoms with van der Waals surface area (Å²) in [6.07, 6.45) is -1.38. The van der Waals surface area contributed by atoms with Gasteiger partial charge in [0.1, 0.15) is 0 Å². The molecule has 0 saturated carbocycles. The third-order valence-corrected chi connectivity index (χ3v) is 7.64. The first-order valence-corrected chi connectivity index (χ1v) is 11.7. The van der Waals surface area contributed by atoms with Crippen LogP contribution in [0.25, 0.3) is 17.2 Å². The molecule has 1 aliphatic carbocycles. The van der Waals surface area contributed by atoms with E-state index in [1.807, 2.05) is 13.8 Å². The SMILES string of the molecule is CC1(C)CCC(C)(C)c2cc(C(F)(F)F)c(-c3ccc(C=C4SC(=O)NC4=O)cc3Cl)cc21. The Balaban J connectivity index is 1.88. The van der Waals surface area contributed by atoms with Gasteiger partial charge < -0.3 is 0 Å². The zero-order valence-corrected chi connectivity index (χ0v) is 20.2. The highest BCUT2D eigenvalue weighted by Gasteiger charge is 2.42. The second-order valence-corrected chi connectivity index (χ2v) is 11.2. The Kier molecular flexibility index (Phi) is 5.73. The van der Waals surface area contributed by atoms with E-state index in [9.17, 15) is 22.8 Å². The molecule has 2 amide bonds. The Labute approximate surface area is 199 Å². The summed E-state index contributed by atoms with van der Waals surface area (Å²) in [5.74, 6) is -0.510. The fourth-order valence-electron chi connectivity index (χ4n) is 4.48. The molecular weight excluding hydrogens is 471 g/mol. The van der Waals surface area contributed by atoms with Crippen molar-refractivity contribution in [3.05, 3.63) is 62.5 Å². The van der Waals surface area contributed by atoms with Crippen molar-refractivity contribution in [3.8, 4) is 11.1 Å². The number of halogens is 4. The number of rotatable bonds is 2. The summed E-state index contributed by atoms with van der Waals surface area (Å²) < 4.78 is 42.5. The van der Waals surface area contributed by atoms with E-state index in [1.165, 1.54) is 24.3 Å². The smallest absolute Gasteiger partial charge is 0.282 e. The second-order valence-electron chi connectivity index (χ2n) is 9.80. The fourth-order valence-corrected chi connectivity index (χ4v) is 5.46. The molecule has 4 rings (SSSR count). The minimum Gasteiger partial charge on any atom is -0.282 e. The molecule has 2 aromatic rings. The molecule has 0 atom stereocenters. The van der Waals surface area contributed by atoms with E-state index in [0.717, 1.165) is 35.7 Å². The third kappa shape index (κ3) is 4.45. The van der Waals surface area contributed by atoms with Crippen LogP contribution >= 0.6 is 23.4 Å². The van der Waals surface area contributed by atoms with Crippen LogP contribution in [0.3, 0.4) is 0 Å². The highest BCUT2D eigenvalue weighted by molar-refractivity contribution is 8.18. The lowest BCUT2D eigenvalue weighted by Crippen LogP contribution is -2.34. The molecule has 1 saturated heterocycles. The number of fused-ring (bicyclic) bond motifs is 1. The van der Waals surface area contributed by atoms with E-state index in [2.05, 4.69) is 19.2 Å². The summed E-state index contributed by atoms with van der Waals surface area (Å²) >= 11 is 7.24. The number of benzene rings is 2. The molecule has 1 aliphatic heterocycles. The van der Waals surface area contributed by atoms with Crippen LogP contribution in [-0.4, -0.2) is 11.1 Å². The molecule has 0 radical (unpaired) electrons. The van der Waals surface area contributed by atoms with Gasteiger partial charge in [-0.2, -0.15) is 13.2 Å². The zero-order valence-electron chi connectivity index (χ0n) is 18.6. The van der Waals surface area contributed by atoms with Crippen LogP contribution in [0.5, 0.6) is 0 Å². The number of thioether (sulfide) groups is 1. The summed E-state index contributed by atoms with van der Waals surface area (Å²) in [5.41, 5.74) is 1.12. The number of hydrogen-bond donors (Lipinski definition) is 1. The molecule has 0 unspecified atom stereocenters. The van der Waals surface area contributed by atoms with Crippen molar-refractivity contribution in [2.24, 2.45) is 0 Å². The van der Waals surface area contributed by atoms with Crippen LogP contribution in [0.15, 0.2) is 35.2 Å². The van der Waals surface area contributed by atoms with Crippen LogP contribution < -0.4 is 5.32 Å². The molecule has 1 heterocycles. The minimum atomic E-state index is -4.55. The largest absolute Gasteiger partial charge is 0.417 e. The fraction of sp³-hybridized carbons (Fsp3) is 0.360. The van der Waals surface area contributed by atoms with Gasteiger partial charge in [0.05, 0.1) is 10.5 Å². The van der Waals surface area contributed by atoms with Gasteiger partial charge in [-0.3, -0.25) is 14.9 Å². The van der Waals surface area contributed by atoms with Crippen LogP contribution in [-0.2, 0) is 21.8 Å². The summed E-state index contributed by atoms with van der Waals surface area (Å²) in [5, 5.41) is 1.83. The predicted octanol–water partition coefficient (Wildman–Crippen LogP) is 7.70. The molecule has 33 heavy (non-hydrogen) atoms. The number of carbonyl (C=O) groups excluding carboxylic acids is 2. The molecule has 2 aromatic carbocycles. The van der Waals surface area contributed by atoms with Crippen LogP contribution in [0, 0.1) is 0 Å². The van der Waals surface area contributed by atoms with E-state index in [0.29, 0.717) is 5.56 Å². The van der Waals surface area contributed by atoms with E-state index >= 15 is 0 Å². The van der Waals surface area contributed by atoms with E-state index in [4.69, 9.17) is 11.6 Å². The van der Waals surface area contributed by atoms with Crippen molar-refractivity contribution in [3.63, 3.8) is 0 Å². The third-order valence-electron chi connectivity index (χ3n) is 6.52. The van der Waals surface area contributed by atoms with Gasteiger partial charge >= 0.3 is 6.18 Å². The average Bonchev–Trinajstić information content (AvgIpc) is 3.01. The standard InChI is InChI=1S/C25H23ClF3NO2S/c1-23(2)7-8-24(3,4)18-12-16(25(27,28)29)15(11-17(18)23)14-6-5-13(9-19(14)26)10-20-21(31)30-22(32)33-20/h5-6,9-12H,7-8H2,1-4H3,(H,30,31,32). The lowest BCUT2D eigenvalue weighted by atomic mass is 9.62. The van der Waals surface area contributed by atoms with Gasteiger partial charge in [0, 0.05) is 10.6 Å². The average molecular weight is 494 g/mol. The van der Waals surface area contributed by atoms with Gasteiger partial charge in [-0.1, -0.05) is 51.4 Å². The number of carbonyl (C=O) groups is 2. The maximum absolute atomic E-state index is 14.2. The van der Waals surface area contributed by atoms with Crippen LogP contribution in [0.2, 0.25) is 5.02 Å². The van der Waals surface area contributed by atoms with Crippen molar-refractivity contribution in [2.45, 2.75) is 57.5 Å². The first kappa shape index (κ1) is 23.9. The van der Waals surface area contributed by atoms with Gasteiger partial charge in [0.25, 0.3) is 11.1 Å². The molecule has 2 aliphatic rings. The summed E-state index contributed by atoms with van der Waals surface area (Å²) in [4.78, 5) is 23.4. The van der Waals surface area contributed by atoms with Crippen molar-refractivity contribution in [1.29, 1.82) is 0 Å². The molecular formula is C25H23ClF3NO2S. The number of nitrogens with one attached hydrogen (secondary N) is 1. The first-order valence-electron chi connectivity index (χ1n) is 10.5. The van der Waals surface area contributed by atoms with Gasteiger partial charge in [-0.15, -0.1) is 0 Å². The maximum Gasteiger partial charge on any atom is 0.417 e. The Morgan fingerprint density at radius 2 is 1.58 bits per heavy atom. The van der Waals surface area contributed by atoms with Crippen molar-refractivity contribution < 1.29 is 22.8 Å². The summed E-state index contributed by atoms with van der Waals surface area (Å²) in [6, 6.07) is 7.58. The topological polar surface area (TPSA) is 46.2 Å². The van der Waals surface area contributed by atoms with Gasteiger partial charge in [0.2, 0.25) is 0 Å². The predicted molar refractivity (Wildman–Crippen MR) is 126 cm³/mol. The molecule has 0 bridgehead atoms. The van der Waals surface area contributed by atoms with Crippen LogP contribution in [0.4, 0.5) is 18.0 Å². The lowest BCUT2D eigenvalue weighted by molar-refractivity contribution is -0.137. The Morgan fingerprint density at radius 1 is 0.970 bits per heavy atom. The van der Waals surface area contributed by atoms with E-state index < -0.39 is 22.9 Å². The van der Waals surface area contributed by atoms with Crippen molar-refractivity contribution >= 4 is 40.6 Å². The monoisotopic (exact) mass is 493 g/mol. The summed E-state index contributed by atoms with van der Waals surface area (Å²) in [7, 11) is 0. The number of alkyl halides is 3. The van der Waals surface area contributed by atoms with E-state index in [-0.39, 0.29) is 31.9 Å². The van der Waals surface area contributed by atoms with Crippen molar-refractivity contribution in [1.82, 2.24) is 5.32 Å². The van der Waals surface area contributed by atoms with E-state index in [1.54, 1.807) is 12.1 Å². The van der Waals surface area contributed by atoms with Gasteiger partial charge in [0.15, 0.2) is 0 Å². The highest BCUT2D eigenvalue weighted by Crippen LogP contribution is 2.50. The highest BCUT2D eigenvalue weighted by atomic mass is 35.5. The van der Waals surface area contributed by atoms with Crippen molar-refractivity contribution in [2.75, 3.05) is 0 Å². The molecule has 0 spiro atoms. The maximum atomic E-state index is 14.2. The number of amides is 2. The molecule has 1 fully saturated rings. The normalized spacial score (nSPS) is 20.7. The number of imide groups is 1. The Bertz CT molecular complexity index is 1210. The Morgan fingerprint density at radius 3 is 2.09 bits per heavy atom. The minimum absolute atomic E-state index is 0.0411. The quantitative estimate of drug-likeness (QED) is 0.436. The molecule has 0 aromatic heterocycles. The molecule has 3 nitrogen and oxygen atoms in total. The first-order chi connectivity index (χ1) is 15.2. The summed E-state index contributed by atoms with van der Waals surface area (Å²) in [6.45, 7) is 8.08. The van der Waals surface area contributed by atoms with Gasteiger partial charge in [-0.05, 0) is 82.0 Å². The number of hydrogen-bond acceptors (Lipinski definition) is 3. The molecule has 8 heteroatoms. The van der Waals surface area contributed by atoms with Crippen LogP contribution in [0.1, 0.15) is 62.8 Å². The molecule has 1 N–H and O–H groups in total.